The lowest BCUT2D eigenvalue weighted by Crippen LogP contribution is -2.45. The molecule has 1 aliphatic rings. The van der Waals surface area contributed by atoms with Crippen LogP contribution in [0.25, 0.3) is 11.3 Å². The SMILES string of the molecule is CC1CN(c2ccc(NC(=O)c3cc(-c4ccccc4O)n[nH]3)cn2)CC(C)O1. The number of ether oxygens (including phenoxy) is 1. The number of para-hydroxylation sites is 1. The lowest BCUT2D eigenvalue weighted by atomic mass is 10.1. The number of nitrogens with one attached hydrogen (secondary N) is 2. The number of benzene rings is 1. The first-order chi connectivity index (χ1) is 14.0. The van der Waals surface area contributed by atoms with Gasteiger partial charge in [0.2, 0.25) is 0 Å². The summed E-state index contributed by atoms with van der Waals surface area (Å²) in [5.41, 5.74) is 1.94. The zero-order valence-electron chi connectivity index (χ0n) is 16.3. The number of amides is 1. The number of nitrogens with zero attached hydrogens (tertiary/aromatic N) is 3. The van der Waals surface area contributed by atoms with Crippen LogP contribution in [-0.2, 0) is 4.74 Å². The Labute approximate surface area is 168 Å². The number of aromatic hydroxyl groups is 1. The van der Waals surface area contributed by atoms with Crippen molar-refractivity contribution in [1.82, 2.24) is 15.2 Å². The first kappa shape index (κ1) is 18.9. The maximum atomic E-state index is 12.5. The topological polar surface area (TPSA) is 103 Å². The molecule has 8 heteroatoms. The highest BCUT2D eigenvalue weighted by molar-refractivity contribution is 6.03. The van der Waals surface area contributed by atoms with Gasteiger partial charge in [0.05, 0.1) is 29.8 Å². The molecule has 0 bridgehead atoms. The predicted molar refractivity (Wildman–Crippen MR) is 110 cm³/mol. The van der Waals surface area contributed by atoms with Gasteiger partial charge in [0.15, 0.2) is 0 Å². The second kappa shape index (κ2) is 7.92. The van der Waals surface area contributed by atoms with Crippen LogP contribution in [-0.4, -0.2) is 51.5 Å². The van der Waals surface area contributed by atoms with Gasteiger partial charge in [0.25, 0.3) is 5.91 Å². The number of aromatic amines is 1. The van der Waals surface area contributed by atoms with Gasteiger partial charge in [-0.2, -0.15) is 5.10 Å². The Hall–Kier alpha value is -3.39. The summed E-state index contributed by atoms with van der Waals surface area (Å²) in [4.78, 5) is 19.2. The minimum absolute atomic E-state index is 0.109. The first-order valence-corrected chi connectivity index (χ1v) is 9.51. The Morgan fingerprint density at radius 1 is 1.21 bits per heavy atom. The molecule has 3 N–H and O–H groups in total. The predicted octanol–water partition coefficient (Wildman–Crippen LogP) is 3.04. The molecular formula is C21H23N5O3. The molecule has 4 rings (SSSR count). The maximum Gasteiger partial charge on any atom is 0.273 e. The highest BCUT2D eigenvalue weighted by Crippen LogP contribution is 2.27. The Bertz CT molecular complexity index is 992. The third kappa shape index (κ3) is 4.22. The molecule has 1 fully saturated rings. The number of phenolic OH excluding ortho intramolecular Hbond substituents is 1. The zero-order valence-corrected chi connectivity index (χ0v) is 16.3. The molecule has 2 aromatic heterocycles. The first-order valence-electron chi connectivity index (χ1n) is 9.51. The van der Waals surface area contributed by atoms with E-state index in [9.17, 15) is 9.90 Å². The molecule has 2 atom stereocenters. The number of carbonyl (C=O) groups excluding carboxylic acids is 1. The number of rotatable bonds is 4. The van der Waals surface area contributed by atoms with E-state index in [0.717, 1.165) is 18.9 Å². The molecule has 29 heavy (non-hydrogen) atoms. The summed E-state index contributed by atoms with van der Waals surface area (Å²) in [5, 5.41) is 19.6. The van der Waals surface area contributed by atoms with E-state index in [2.05, 4.69) is 25.4 Å². The van der Waals surface area contributed by atoms with Crippen LogP contribution >= 0.6 is 0 Å². The zero-order chi connectivity index (χ0) is 20.4. The summed E-state index contributed by atoms with van der Waals surface area (Å²) >= 11 is 0. The lowest BCUT2D eigenvalue weighted by molar-refractivity contribution is -0.00545. The molecule has 0 radical (unpaired) electrons. The Kier molecular flexibility index (Phi) is 5.18. The number of anilines is 2. The van der Waals surface area contributed by atoms with Crippen molar-refractivity contribution in [1.29, 1.82) is 0 Å². The van der Waals surface area contributed by atoms with Crippen LogP contribution in [0.2, 0.25) is 0 Å². The van der Waals surface area contributed by atoms with E-state index in [1.807, 2.05) is 26.0 Å². The van der Waals surface area contributed by atoms with Gasteiger partial charge in [-0.1, -0.05) is 12.1 Å². The second-order valence-corrected chi connectivity index (χ2v) is 7.21. The van der Waals surface area contributed by atoms with Gasteiger partial charge in [-0.3, -0.25) is 9.89 Å². The van der Waals surface area contributed by atoms with Crippen molar-refractivity contribution in [3.05, 3.63) is 54.4 Å². The third-order valence-corrected chi connectivity index (χ3v) is 4.75. The Morgan fingerprint density at radius 3 is 2.66 bits per heavy atom. The Morgan fingerprint density at radius 2 is 1.97 bits per heavy atom. The van der Waals surface area contributed by atoms with Crippen molar-refractivity contribution < 1.29 is 14.6 Å². The summed E-state index contributed by atoms with van der Waals surface area (Å²) in [5.74, 6) is 0.633. The van der Waals surface area contributed by atoms with E-state index >= 15 is 0 Å². The summed E-state index contributed by atoms with van der Waals surface area (Å²) in [6.07, 6.45) is 1.94. The van der Waals surface area contributed by atoms with E-state index < -0.39 is 0 Å². The van der Waals surface area contributed by atoms with Gasteiger partial charge in [-0.15, -0.1) is 0 Å². The molecule has 150 valence electrons. The monoisotopic (exact) mass is 393 g/mol. The van der Waals surface area contributed by atoms with Crippen molar-refractivity contribution >= 4 is 17.4 Å². The minimum Gasteiger partial charge on any atom is -0.507 e. The summed E-state index contributed by atoms with van der Waals surface area (Å²) in [7, 11) is 0. The molecule has 2 unspecified atom stereocenters. The van der Waals surface area contributed by atoms with E-state index in [1.54, 1.807) is 36.5 Å². The van der Waals surface area contributed by atoms with Gasteiger partial charge in [-0.05, 0) is 44.2 Å². The van der Waals surface area contributed by atoms with Gasteiger partial charge in [0.1, 0.15) is 17.3 Å². The van der Waals surface area contributed by atoms with E-state index in [4.69, 9.17) is 4.74 Å². The summed E-state index contributed by atoms with van der Waals surface area (Å²) < 4.78 is 5.75. The fraction of sp³-hybridized carbons (Fsp3) is 0.286. The number of phenols is 1. The van der Waals surface area contributed by atoms with E-state index in [0.29, 0.717) is 22.6 Å². The number of hydrogen-bond acceptors (Lipinski definition) is 6. The number of carbonyl (C=O) groups is 1. The average molecular weight is 393 g/mol. The maximum absolute atomic E-state index is 12.5. The molecule has 1 amide bonds. The van der Waals surface area contributed by atoms with Gasteiger partial charge >= 0.3 is 0 Å². The Balaban J connectivity index is 1.43. The normalized spacial score (nSPS) is 19.2. The third-order valence-electron chi connectivity index (χ3n) is 4.75. The summed E-state index contributed by atoms with van der Waals surface area (Å²) in [6, 6.07) is 12.2. The quantitative estimate of drug-likeness (QED) is 0.630. The van der Waals surface area contributed by atoms with Crippen molar-refractivity contribution in [2.45, 2.75) is 26.1 Å². The van der Waals surface area contributed by atoms with Gasteiger partial charge < -0.3 is 20.1 Å². The average Bonchev–Trinajstić information content (AvgIpc) is 3.18. The highest BCUT2D eigenvalue weighted by atomic mass is 16.5. The van der Waals surface area contributed by atoms with Crippen LogP contribution in [0.3, 0.4) is 0 Å². The van der Waals surface area contributed by atoms with E-state index in [-0.39, 0.29) is 23.9 Å². The van der Waals surface area contributed by atoms with Crippen molar-refractivity contribution in [3.8, 4) is 17.0 Å². The number of hydrogen-bond donors (Lipinski definition) is 3. The molecule has 3 heterocycles. The second-order valence-electron chi connectivity index (χ2n) is 7.21. The van der Waals surface area contributed by atoms with Crippen LogP contribution in [0.5, 0.6) is 5.75 Å². The number of H-pyrrole nitrogens is 1. The van der Waals surface area contributed by atoms with Crippen molar-refractivity contribution in [2.24, 2.45) is 0 Å². The van der Waals surface area contributed by atoms with Crippen LogP contribution < -0.4 is 10.2 Å². The van der Waals surface area contributed by atoms with Crippen molar-refractivity contribution in [2.75, 3.05) is 23.3 Å². The number of morpholine rings is 1. The fourth-order valence-corrected chi connectivity index (χ4v) is 3.48. The van der Waals surface area contributed by atoms with E-state index in [1.165, 1.54) is 0 Å². The molecular weight excluding hydrogens is 370 g/mol. The molecule has 1 aliphatic heterocycles. The molecule has 0 aliphatic carbocycles. The van der Waals surface area contributed by atoms with Gasteiger partial charge in [0, 0.05) is 18.7 Å². The molecule has 0 spiro atoms. The summed E-state index contributed by atoms with van der Waals surface area (Å²) in [6.45, 7) is 5.66. The fourth-order valence-electron chi connectivity index (χ4n) is 3.48. The van der Waals surface area contributed by atoms with Crippen LogP contribution in [0.1, 0.15) is 24.3 Å². The number of aromatic nitrogens is 3. The van der Waals surface area contributed by atoms with Crippen LogP contribution in [0, 0.1) is 0 Å². The minimum atomic E-state index is -0.331. The molecule has 3 aromatic rings. The smallest absolute Gasteiger partial charge is 0.273 e. The highest BCUT2D eigenvalue weighted by Gasteiger charge is 2.23. The van der Waals surface area contributed by atoms with Gasteiger partial charge in [-0.25, -0.2) is 4.98 Å². The van der Waals surface area contributed by atoms with Crippen LogP contribution in [0.15, 0.2) is 48.7 Å². The molecule has 1 aromatic carbocycles. The van der Waals surface area contributed by atoms with Crippen molar-refractivity contribution in [3.63, 3.8) is 0 Å². The van der Waals surface area contributed by atoms with Crippen LogP contribution in [0.4, 0.5) is 11.5 Å². The standard InChI is InChI=1S/C21H23N5O3/c1-13-11-26(12-14(2)29-13)20-8-7-15(10-22-20)23-21(28)18-9-17(24-25-18)16-5-3-4-6-19(16)27/h3-10,13-14,27H,11-12H2,1-2H3,(H,23,28)(H,24,25). The molecule has 8 nitrogen and oxygen atoms in total. The molecule has 0 saturated carbocycles. The largest absolute Gasteiger partial charge is 0.507 e. The number of pyridine rings is 1. The molecule has 1 saturated heterocycles. The lowest BCUT2D eigenvalue weighted by Gasteiger charge is -2.36.